The largest absolute Gasteiger partial charge is 0.483 e. The highest BCUT2D eigenvalue weighted by molar-refractivity contribution is 5.96. The molecular weight excluding hydrogens is 280 g/mol. The SMILES string of the molecule is C/C(=N\NC(=O)COc1cc(C)ccc1C)c1ccc(C)o1. The quantitative estimate of drug-likeness (QED) is 0.681. The summed E-state index contributed by atoms with van der Waals surface area (Å²) in [6, 6.07) is 9.53. The maximum atomic E-state index is 11.8. The minimum Gasteiger partial charge on any atom is -0.483 e. The van der Waals surface area contributed by atoms with Crippen LogP contribution >= 0.6 is 0 Å². The van der Waals surface area contributed by atoms with Crippen molar-refractivity contribution in [3.8, 4) is 5.75 Å². The number of carbonyl (C=O) groups excluding carboxylic acids is 1. The Balaban J connectivity index is 1.89. The Morgan fingerprint density at radius 3 is 2.68 bits per heavy atom. The fourth-order valence-electron chi connectivity index (χ4n) is 1.87. The Bertz CT molecular complexity index is 702. The lowest BCUT2D eigenvalue weighted by Gasteiger charge is -2.09. The first-order valence-corrected chi connectivity index (χ1v) is 7.05. The number of carbonyl (C=O) groups is 1. The molecule has 1 amide bonds. The summed E-state index contributed by atoms with van der Waals surface area (Å²) < 4.78 is 10.9. The smallest absolute Gasteiger partial charge is 0.277 e. The summed E-state index contributed by atoms with van der Waals surface area (Å²) in [6.45, 7) is 7.45. The topological polar surface area (TPSA) is 63.8 Å². The summed E-state index contributed by atoms with van der Waals surface area (Å²) in [6.07, 6.45) is 0. The van der Waals surface area contributed by atoms with Crippen LogP contribution in [-0.2, 0) is 4.79 Å². The van der Waals surface area contributed by atoms with E-state index in [4.69, 9.17) is 9.15 Å². The van der Waals surface area contributed by atoms with E-state index in [9.17, 15) is 4.79 Å². The van der Waals surface area contributed by atoms with Gasteiger partial charge in [-0.25, -0.2) is 5.43 Å². The number of ether oxygens (including phenoxy) is 1. The van der Waals surface area contributed by atoms with Gasteiger partial charge in [0.2, 0.25) is 0 Å². The maximum absolute atomic E-state index is 11.8. The molecule has 0 saturated carbocycles. The fourth-order valence-corrected chi connectivity index (χ4v) is 1.87. The molecule has 1 N–H and O–H groups in total. The van der Waals surface area contributed by atoms with Gasteiger partial charge >= 0.3 is 0 Å². The van der Waals surface area contributed by atoms with Gasteiger partial charge in [0.15, 0.2) is 6.61 Å². The number of amides is 1. The molecule has 0 unspecified atom stereocenters. The van der Waals surface area contributed by atoms with Crippen molar-refractivity contribution in [2.75, 3.05) is 6.61 Å². The van der Waals surface area contributed by atoms with E-state index in [1.807, 2.05) is 51.1 Å². The summed E-state index contributed by atoms with van der Waals surface area (Å²) in [4.78, 5) is 11.8. The lowest BCUT2D eigenvalue weighted by molar-refractivity contribution is -0.123. The zero-order valence-corrected chi connectivity index (χ0v) is 13.3. The van der Waals surface area contributed by atoms with Crippen molar-refractivity contribution in [1.82, 2.24) is 5.43 Å². The Kier molecular flexibility index (Phi) is 4.99. The van der Waals surface area contributed by atoms with Gasteiger partial charge in [-0.15, -0.1) is 0 Å². The van der Waals surface area contributed by atoms with Gasteiger partial charge in [0.1, 0.15) is 23.0 Å². The molecule has 0 atom stereocenters. The van der Waals surface area contributed by atoms with Crippen molar-refractivity contribution in [3.05, 3.63) is 53.0 Å². The normalized spacial score (nSPS) is 11.4. The molecule has 0 aliphatic heterocycles. The number of hydrogen-bond acceptors (Lipinski definition) is 4. The number of furan rings is 1. The first-order valence-electron chi connectivity index (χ1n) is 7.05. The number of rotatable bonds is 5. The Morgan fingerprint density at radius 2 is 2.00 bits per heavy atom. The lowest BCUT2D eigenvalue weighted by atomic mass is 10.1. The van der Waals surface area contributed by atoms with Gasteiger partial charge in [-0.1, -0.05) is 12.1 Å². The third kappa shape index (κ3) is 4.22. The van der Waals surface area contributed by atoms with Crippen LogP contribution in [0.15, 0.2) is 39.9 Å². The molecule has 0 spiro atoms. The van der Waals surface area contributed by atoms with Gasteiger partial charge < -0.3 is 9.15 Å². The van der Waals surface area contributed by atoms with E-state index in [1.54, 1.807) is 6.92 Å². The molecule has 116 valence electrons. The molecule has 2 rings (SSSR count). The molecular formula is C17H20N2O3. The van der Waals surface area contributed by atoms with Gasteiger partial charge in [-0.3, -0.25) is 4.79 Å². The molecule has 0 bridgehead atoms. The predicted molar refractivity (Wildman–Crippen MR) is 85.2 cm³/mol. The zero-order chi connectivity index (χ0) is 16.1. The van der Waals surface area contributed by atoms with Crippen LogP contribution in [0.2, 0.25) is 0 Å². The highest BCUT2D eigenvalue weighted by Crippen LogP contribution is 2.18. The number of aryl methyl sites for hydroxylation is 3. The zero-order valence-electron chi connectivity index (χ0n) is 13.3. The number of nitrogens with zero attached hydrogens (tertiary/aromatic N) is 1. The summed E-state index contributed by atoms with van der Waals surface area (Å²) in [5.74, 6) is 1.82. The number of nitrogens with one attached hydrogen (secondary N) is 1. The molecule has 22 heavy (non-hydrogen) atoms. The molecule has 0 saturated heterocycles. The summed E-state index contributed by atoms with van der Waals surface area (Å²) in [5, 5.41) is 4.00. The molecule has 5 heteroatoms. The molecule has 1 heterocycles. The predicted octanol–water partition coefficient (Wildman–Crippen LogP) is 3.12. The van der Waals surface area contributed by atoms with Crippen LogP contribution in [0.5, 0.6) is 5.75 Å². The van der Waals surface area contributed by atoms with Crippen LogP contribution in [0.3, 0.4) is 0 Å². The number of hydrogen-bond donors (Lipinski definition) is 1. The van der Waals surface area contributed by atoms with Crippen molar-refractivity contribution < 1.29 is 13.9 Å². The second-order valence-electron chi connectivity index (χ2n) is 5.20. The molecule has 0 aliphatic carbocycles. The lowest BCUT2D eigenvalue weighted by Crippen LogP contribution is -2.25. The average Bonchev–Trinajstić information content (AvgIpc) is 2.92. The molecule has 0 aliphatic rings. The van der Waals surface area contributed by atoms with Gasteiger partial charge in [-0.2, -0.15) is 5.10 Å². The number of benzene rings is 1. The van der Waals surface area contributed by atoms with E-state index in [2.05, 4.69) is 10.5 Å². The summed E-state index contributed by atoms with van der Waals surface area (Å²) >= 11 is 0. The highest BCUT2D eigenvalue weighted by Gasteiger charge is 2.06. The Hall–Kier alpha value is -2.56. The van der Waals surface area contributed by atoms with Gasteiger partial charge in [0, 0.05) is 0 Å². The van der Waals surface area contributed by atoms with Crippen LogP contribution in [-0.4, -0.2) is 18.2 Å². The van der Waals surface area contributed by atoms with E-state index in [-0.39, 0.29) is 12.5 Å². The van der Waals surface area contributed by atoms with Crippen LogP contribution in [0.25, 0.3) is 0 Å². The standard InChI is InChI=1S/C17H20N2O3/c1-11-5-6-12(2)16(9-11)21-10-17(20)19-18-14(4)15-8-7-13(3)22-15/h5-9H,10H2,1-4H3,(H,19,20)/b18-14+. The van der Waals surface area contributed by atoms with Gasteiger partial charge in [0.05, 0.1) is 0 Å². The third-order valence-corrected chi connectivity index (χ3v) is 3.15. The minimum absolute atomic E-state index is 0.0851. The second-order valence-corrected chi connectivity index (χ2v) is 5.20. The first kappa shape index (κ1) is 15.8. The molecule has 0 fully saturated rings. The Morgan fingerprint density at radius 1 is 1.23 bits per heavy atom. The molecule has 1 aromatic carbocycles. The van der Waals surface area contributed by atoms with Crippen LogP contribution in [0.4, 0.5) is 0 Å². The minimum atomic E-state index is -0.316. The van der Waals surface area contributed by atoms with Gasteiger partial charge in [0.25, 0.3) is 5.91 Å². The monoisotopic (exact) mass is 300 g/mol. The van der Waals surface area contributed by atoms with E-state index in [1.165, 1.54) is 0 Å². The summed E-state index contributed by atoms with van der Waals surface area (Å²) in [5.41, 5.74) is 5.14. The van der Waals surface area contributed by atoms with Crippen molar-refractivity contribution in [1.29, 1.82) is 0 Å². The van der Waals surface area contributed by atoms with Gasteiger partial charge in [-0.05, 0) is 57.0 Å². The van der Waals surface area contributed by atoms with E-state index in [0.717, 1.165) is 16.9 Å². The van der Waals surface area contributed by atoms with Crippen LogP contribution < -0.4 is 10.2 Å². The van der Waals surface area contributed by atoms with Crippen molar-refractivity contribution in [2.24, 2.45) is 5.10 Å². The molecule has 0 radical (unpaired) electrons. The molecule has 5 nitrogen and oxygen atoms in total. The fraction of sp³-hybridized carbons (Fsp3) is 0.294. The van der Waals surface area contributed by atoms with Crippen molar-refractivity contribution in [3.63, 3.8) is 0 Å². The average molecular weight is 300 g/mol. The highest BCUT2D eigenvalue weighted by atomic mass is 16.5. The van der Waals surface area contributed by atoms with E-state index >= 15 is 0 Å². The van der Waals surface area contributed by atoms with E-state index < -0.39 is 0 Å². The Labute approximate surface area is 130 Å². The van der Waals surface area contributed by atoms with Crippen molar-refractivity contribution in [2.45, 2.75) is 27.7 Å². The summed E-state index contributed by atoms with van der Waals surface area (Å²) in [7, 11) is 0. The third-order valence-electron chi connectivity index (χ3n) is 3.15. The van der Waals surface area contributed by atoms with E-state index in [0.29, 0.717) is 17.2 Å². The van der Waals surface area contributed by atoms with Crippen LogP contribution in [0.1, 0.15) is 29.6 Å². The van der Waals surface area contributed by atoms with Crippen LogP contribution in [0, 0.1) is 20.8 Å². The molecule has 2 aromatic rings. The van der Waals surface area contributed by atoms with Crippen molar-refractivity contribution >= 4 is 11.6 Å². The maximum Gasteiger partial charge on any atom is 0.277 e. The molecule has 1 aromatic heterocycles. The first-order chi connectivity index (χ1) is 10.5. The number of hydrazone groups is 1. The second kappa shape index (κ2) is 6.93.